The maximum absolute atomic E-state index is 12.5. The maximum atomic E-state index is 12.5. The smallest absolute Gasteiger partial charge is 0.417 e. The Morgan fingerprint density at radius 2 is 1.85 bits per heavy atom. The number of fused-ring (bicyclic) bond motifs is 1. The van der Waals surface area contributed by atoms with Gasteiger partial charge in [-0.2, -0.15) is 0 Å². The van der Waals surface area contributed by atoms with Crippen molar-refractivity contribution in [2.75, 3.05) is 12.0 Å². The molecule has 0 N–H and O–H groups in total. The molecule has 1 atom stereocenters. The van der Waals surface area contributed by atoms with Gasteiger partial charge >= 0.3 is 6.09 Å². The van der Waals surface area contributed by atoms with E-state index in [2.05, 4.69) is 0 Å². The number of benzene rings is 1. The van der Waals surface area contributed by atoms with Gasteiger partial charge in [-0.05, 0) is 39.8 Å². The molecule has 108 valence electrons. The molecule has 2 rings (SSSR count). The van der Waals surface area contributed by atoms with Gasteiger partial charge in [0.15, 0.2) is 0 Å². The Labute approximate surface area is 118 Å². The second-order valence-electron chi connectivity index (χ2n) is 5.85. The van der Waals surface area contributed by atoms with Crippen molar-refractivity contribution >= 4 is 17.6 Å². The topological polar surface area (TPSA) is 55.8 Å². The normalized spacial score (nSPS) is 21.9. The molecule has 5 nitrogen and oxygen atoms in total. The predicted molar refractivity (Wildman–Crippen MR) is 74.9 cm³/mol. The maximum Gasteiger partial charge on any atom is 0.417 e. The van der Waals surface area contributed by atoms with Crippen molar-refractivity contribution in [1.82, 2.24) is 0 Å². The van der Waals surface area contributed by atoms with E-state index in [0.717, 1.165) is 0 Å². The summed E-state index contributed by atoms with van der Waals surface area (Å²) < 4.78 is 10.7. The van der Waals surface area contributed by atoms with Gasteiger partial charge in [-0.3, -0.25) is 4.79 Å². The molecule has 0 fully saturated rings. The summed E-state index contributed by atoms with van der Waals surface area (Å²) in [5.74, 6) is -0.249. The third kappa shape index (κ3) is 2.18. The second kappa shape index (κ2) is 4.59. The second-order valence-corrected chi connectivity index (χ2v) is 5.85. The first-order chi connectivity index (χ1) is 9.20. The zero-order chi connectivity index (χ0) is 15.1. The summed E-state index contributed by atoms with van der Waals surface area (Å²) in [4.78, 5) is 26.1. The van der Waals surface area contributed by atoms with E-state index in [9.17, 15) is 9.59 Å². The fourth-order valence-corrected chi connectivity index (χ4v) is 2.21. The highest BCUT2D eigenvalue weighted by Crippen LogP contribution is 2.39. The lowest BCUT2D eigenvalue weighted by Gasteiger charge is -2.33. The minimum absolute atomic E-state index is 0.249. The van der Waals surface area contributed by atoms with Gasteiger partial charge in [0.1, 0.15) is 5.60 Å². The average molecular weight is 277 g/mol. The number of para-hydroxylation sites is 1. The van der Waals surface area contributed by atoms with Gasteiger partial charge in [0.2, 0.25) is 11.5 Å². The molecule has 1 aromatic carbocycles. The van der Waals surface area contributed by atoms with E-state index in [1.54, 1.807) is 52.0 Å². The van der Waals surface area contributed by atoms with Crippen molar-refractivity contribution in [2.24, 2.45) is 0 Å². The van der Waals surface area contributed by atoms with E-state index in [0.29, 0.717) is 11.3 Å². The standard InChI is InChI=1S/C15H19NO4/c1-14(2,3)20-13(18)16-11-9-7-6-8-10(11)12(17)15(16,4)19-5/h6-9H,1-5H3. The van der Waals surface area contributed by atoms with Crippen LogP contribution in [0.5, 0.6) is 0 Å². The Morgan fingerprint density at radius 3 is 2.40 bits per heavy atom. The first kappa shape index (κ1) is 14.5. The molecular weight excluding hydrogens is 258 g/mol. The summed E-state index contributed by atoms with van der Waals surface area (Å²) in [5, 5.41) is 0. The molecule has 0 radical (unpaired) electrons. The number of anilines is 1. The molecule has 1 aliphatic heterocycles. The fraction of sp³-hybridized carbons (Fsp3) is 0.467. The highest BCUT2D eigenvalue weighted by Gasteiger charge is 2.52. The Hall–Kier alpha value is -1.88. The van der Waals surface area contributed by atoms with Crippen molar-refractivity contribution in [1.29, 1.82) is 0 Å². The molecular formula is C15H19NO4. The number of ether oxygens (including phenoxy) is 2. The summed E-state index contributed by atoms with van der Waals surface area (Å²) in [7, 11) is 1.40. The summed E-state index contributed by atoms with van der Waals surface area (Å²) in [6.45, 7) is 6.90. The largest absolute Gasteiger partial charge is 0.443 e. The van der Waals surface area contributed by atoms with Gasteiger partial charge in [-0.25, -0.2) is 9.69 Å². The van der Waals surface area contributed by atoms with Crippen molar-refractivity contribution in [3.63, 3.8) is 0 Å². The molecule has 0 spiro atoms. The lowest BCUT2D eigenvalue weighted by atomic mass is 10.1. The van der Waals surface area contributed by atoms with Crippen molar-refractivity contribution in [3.8, 4) is 0 Å². The third-order valence-electron chi connectivity index (χ3n) is 3.21. The van der Waals surface area contributed by atoms with E-state index < -0.39 is 17.4 Å². The van der Waals surface area contributed by atoms with Crippen LogP contribution in [0.15, 0.2) is 24.3 Å². The van der Waals surface area contributed by atoms with Crippen LogP contribution in [0.2, 0.25) is 0 Å². The molecule has 0 aromatic heterocycles. The minimum Gasteiger partial charge on any atom is -0.443 e. The van der Waals surface area contributed by atoms with Crippen molar-refractivity contribution in [2.45, 2.75) is 39.0 Å². The van der Waals surface area contributed by atoms with E-state index in [4.69, 9.17) is 9.47 Å². The van der Waals surface area contributed by atoms with E-state index in [1.807, 2.05) is 0 Å². The molecule has 0 saturated heterocycles. The van der Waals surface area contributed by atoms with Crippen LogP contribution >= 0.6 is 0 Å². The minimum atomic E-state index is -1.37. The lowest BCUT2D eigenvalue weighted by molar-refractivity contribution is 0.00330. The number of carbonyl (C=O) groups excluding carboxylic acids is 2. The van der Waals surface area contributed by atoms with Crippen LogP contribution in [-0.4, -0.2) is 30.3 Å². The number of methoxy groups -OCH3 is 1. The van der Waals surface area contributed by atoms with Crippen molar-refractivity contribution < 1.29 is 19.1 Å². The average Bonchev–Trinajstić information content (AvgIpc) is 2.58. The Balaban J connectivity index is 2.49. The fourth-order valence-electron chi connectivity index (χ4n) is 2.21. The summed E-state index contributed by atoms with van der Waals surface area (Å²) >= 11 is 0. The number of ketones is 1. The zero-order valence-electron chi connectivity index (χ0n) is 12.4. The molecule has 5 heteroatoms. The molecule has 1 aliphatic rings. The number of nitrogens with zero attached hydrogens (tertiary/aromatic N) is 1. The van der Waals surface area contributed by atoms with Gasteiger partial charge in [0.25, 0.3) is 0 Å². The summed E-state index contributed by atoms with van der Waals surface area (Å²) in [6.07, 6.45) is -0.597. The number of hydrogen-bond donors (Lipinski definition) is 0. The number of Topliss-reactive ketones (excluding diaryl/α,β-unsaturated/α-hetero) is 1. The molecule has 1 heterocycles. The number of amides is 1. The number of rotatable bonds is 1. The summed E-state index contributed by atoms with van der Waals surface area (Å²) in [5.41, 5.74) is -1.04. The van der Waals surface area contributed by atoms with E-state index in [-0.39, 0.29) is 5.78 Å². The first-order valence-electron chi connectivity index (χ1n) is 6.43. The molecule has 20 heavy (non-hydrogen) atoms. The molecule has 0 bridgehead atoms. The van der Waals surface area contributed by atoms with E-state index >= 15 is 0 Å². The van der Waals surface area contributed by atoms with Crippen LogP contribution in [0.25, 0.3) is 0 Å². The first-order valence-corrected chi connectivity index (χ1v) is 6.43. The highest BCUT2D eigenvalue weighted by molar-refractivity contribution is 6.18. The van der Waals surface area contributed by atoms with Crippen molar-refractivity contribution in [3.05, 3.63) is 29.8 Å². The van der Waals surface area contributed by atoms with Gasteiger partial charge in [0.05, 0.1) is 5.69 Å². The predicted octanol–water partition coefficient (Wildman–Crippen LogP) is 2.99. The molecule has 1 aromatic rings. The van der Waals surface area contributed by atoms with Crippen LogP contribution < -0.4 is 4.90 Å². The molecule has 0 saturated carbocycles. The Kier molecular flexibility index (Phi) is 3.34. The lowest BCUT2D eigenvalue weighted by Crippen LogP contribution is -2.53. The quantitative estimate of drug-likeness (QED) is 0.792. The van der Waals surface area contributed by atoms with Gasteiger partial charge < -0.3 is 9.47 Å². The van der Waals surface area contributed by atoms with Crippen LogP contribution in [0.1, 0.15) is 38.1 Å². The molecule has 1 unspecified atom stereocenters. The zero-order valence-corrected chi connectivity index (χ0v) is 12.4. The van der Waals surface area contributed by atoms with Crippen LogP contribution in [0, 0.1) is 0 Å². The Morgan fingerprint density at radius 1 is 1.25 bits per heavy atom. The van der Waals surface area contributed by atoms with Gasteiger partial charge in [-0.15, -0.1) is 0 Å². The van der Waals surface area contributed by atoms with E-state index in [1.165, 1.54) is 12.0 Å². The highest BCUT2D eigenvalue weighted by atomic mass is 16.6. The SMILES string of the molecule is COC1(C)C(=O)c2ccccc2N1C(=O)OC(C)(C)C. The van der Waals surface area contributed by atoms with Gasteiger partial charge in [-0.1, -0.05) is 12.1 Å². The molecule has 0 aliphatic carbocycles. The number of hydrogen-bond acceptors (Lipinski definition) is 4. The number of carbonyl (C=O) groups is 2. The Bertz CT molecular complexity index is 561. The third-order valence-corrected chi connectivity index (χ3v) is 3.21. The summed E-state index contributed by atoms with van der Waals surface area (Å²) in [6, 6.07) is 6.91. The van der Waals surface area contributed by atoms with Crippen LogP contribution in [0.4, 0.5) is 10.5 Å². The molecule has 1 amide bonds. The van der Waals surface area contributed by atoms with Gasteiger partial charge in [0, 0.05) is 12.7 Å². The van der Waals surface area contributed by atoms with Crippen LogP contribution in [-0.2, 0) is 9.47 Å². The van der Waals surface area contributed by atoms with Crippen LogP contribution in [0.3, 0.4) is 0 Å². The monoisotopic (exact) mass is 277 g/mol.